The molecule has 0 spiro atoms. The number of nitrogens with zero attached hydrogens (tertiary/aromatic N) is 7. The third-order valence-corrected chi connectivity index (χ3v) is 7.09. The Morgan fingerprint density at radius 1 is 1.15 bits per heavy atom. The van der Waals surface area contributed by atoms with E-state index in [4.69, 9.17) is 10.8 Å². The van der Waals surface area contributed by atoms with E-state index in [9.17, 15) is 18.0 Å². The van der Waals surface area contributed by atoms with Gasteiger partial charge in [0.2, 0.25) is 0 Å². The number of hydrogen-bond acceptors (Lipinski definition) is 7. The van der Waals surface area contributed by atoms with Crippen LogP contribution in [0, 0.1) is 0 Å². The van der Waals surface area contributed by atoms with Crippen LogP contribution in [0.3, 0.4) is 0 Å². The summed E-state index contributed by atoms with van der Waals surface area (Å²) in [5.41, 5.74) is 9.77. The predicted octanol–water partition coefficient (Wildman–Crippen LogP) is 4.88. The lowest BCUT2D eigenvalue weighted by molar-refractivity contribution is -0.137. The van der Waals surface area contributed by atoms with Crippen molar-refractivity contribution in [3.63, 3.8) is 0 Å². The van der Waals surface area contributed by atoms with Crippen LogP contribution in [0.25, 0.3) is 22.3 Å². The first-order valence-corrected chi connectivity index (χ1v) is 12.7. The van der Waals surface area contributed by atoms with Gasteiger partial charge in [-0.05, 0) is 50.5 Å². The number of nitrogen functional groups attached to an aromatic ring is 1. The number of fused-ring (bicyclic) bond motifs is 2. The van der Waals surface area contributed by atoms with E-state index in [2.05, 4.69) is 32.3 Å². The second kappa shape index (κ2) is 9.74. The van der Waals surface area contributed by atoms with Crippen molar-refractivity contribution in [3.8, 4) is 11.3 Å². The van der Waals surface area contributed by atoms with Crippen LogP contribution in [-0.2, 0) is 19.1 Å². The van der Waals surface area contributed by atoms with Crippen molar-refractivity contribution < 1.29 is 18.0 Å². The Bertz CT molecular complexity index is 1720. The summed E-state index contributed by atoms with van der Waals surface area (Å²) in [5.74, 6) is -0.514. The molecule has 3 N–H and O–H groups in total. The lowest BCUT2D eigenvalue weighted by Gasteiger charge is -2.23. The highest BCUT2D eigenvalue weighted by Gasteiger charge is 2.31. The second-order valence-corrected chi connectivity index (χ2v) is 9.48. The van der Waals surface area contributed by atoms with E-state index in [0.29, 0.717) is 22.3 Å². The molecule has 0 unspecified atom stereocenters. The quantitative estimate of drug-likeness (QED) is 0.321. The van der Waals surface area contributed by atoms with Crippen LogP contribution < -0.4 is 11.1 Å². The summed E-state index contributed by atoms with van der Waals surface area (Å²) in [6.07, 6.45) is 2.55. The van der Waals surface area contributed by atoms with E-state index in [1.54, 1.807) is 24.3 Å². The molecule has 40 heavy (non-hydrogen) atoms. The van der Waals surface area contributed by atoms with E-state index in [-0.39, 0.29) is 23.2 Å². The Balaban J connectivity index is 1.33. The van der Waals surface area contributed by atoms with Gasteiger partial charge < -0.3 is 11.1 Å². The lowest BCUT2D eigenvalue weighted by atomic mass is 9.93. The number of aromatic nitrogens is 7. The van der Waals surface area contributed by atoms with Crippen LogP contribution in [0.15, 0.2) is 55.1 Å². The van der Waals surface area contributed by atoms with Gasteiger partial charge in [0.1, 0.15) is 23.7 Å². The molecular formula is C27H24F3N9O. The molecule has 204 valence electrons. The third kappa shape index (κ3) is 4.42. The molecular weight excluding hydrogens is 523 g/mol. The van der Waals surface area contributed by atoms with Gasteiger partial charge in [0.25, 0.3) is 5.91 Å². The van der Waals surface area contributed by atoms with Crippen molar-refractivity contribution in [1.29, 1.82) is 0 Å². The number of hydrogen-bond donors (Lipinski definition) is 2. The Labute approximate surface area is 226 Å². The summed E-state index contributed by atoms with van der Waals surface area (Å²) in [6.45, 7) is 2.85. The molecule has 1 aliphatic carbocycles. The molecule has 1 aliphatic rings. The minimum absolute atomic E-state index is 0.0698. The highest BCUT2D eigenvalue weighted by atomic mass is 19.4. The number of halogens is 3. The van der Waals surface area contributed by atoms with Gasteiger partial charge in [-0.1, -0.05) is 12.1 Å². The van der Waals surface area contributed by atoms with Gasteiger partial charge >= 0.3 is 6.18 Å². The number of rotatable bonds is 5. The fourth-order valence-electron chi connectivity index (χ4n) is 5.18. The van der Waals surface area contributed by atoms with E-state index >= 15 is 0 Å². The zero-order chi connectivity index (χ0) is 28.0. The van der Waals surface area contributed by atoms with Crippen LogP contribution in [0.4, 0.5) is 24.8 Å². The Kier molecular flexibility index (Phi) is 6.20. The van der Waals surface area contributed by atoms with Gasteiger partial charge in [-0.3, -0.25) is 9.48 Å². The molecule has 0 fully saturated rings. The summed E-state index contributed by atoms with van der Waals surface area (Å²) < 4.78 is 42.9. The predicted molar refractivity (Wildman–Crippen MR) is 141 cm³/mol. The standard InChI is InChI=1S/C27H24F3N9O/c1-2-38-19-4-3-5-20(18(19)13-35-38)39-25-22(24(31)33-14-34-25)23(37-39)15-6-8-16(9-7-15)26(40)36-21-12-17(10-11-32-21)27(28,29)30/h6-14,20H,2-5H2,1H3,(H2,31,33,34)(H,32,36,40)/t20-/m1/s1. The summed E-state index contributed by atoms with van der Waals surface area (Å²) >= 11 is 0. The fraction of sp³-hybridized carbons (Fsp3) is 0.259. The zero-order valence-electron chi connectivity index (χ0n) is 21.4. The van der Waals surface area contributed by atoms with Gasteiger partial charge in [-0.2, -0.15) is 23.4 Å². The molecule has 4 heterocycles. The average molecular weight is 548 g/mol. The Morgan fingerprint density at radius 3 is 2.70 bits per heavy atom. The van der Waals surface area contributed by atoms with Crippen molar-refractivity contribution in [2.45, 2.75) is 44.9 Å². The normalized spacial score (nSPS) is 15.2. The highest BCUT2D eigenvalue weighted by Crippen LogP contribution is 2.38. The fourth-order valence-corrected chi connectivity index (χ4v) is 5.18. The zero-order valence-corrected chi connectivity index (χ0v) is 21.4. The average Bonchev–Trinajstić information content (AvgIpc) is 3.55. The topological polar surface area (TPSA) is 129 Å². The van der Waals surface area contributed by atoms with Crippen molar-refractivity contribution in [3.05, 3.63) is 77.5 Å². The number of benzene rings is 1. The highest BCUT2D eigenvalue weighted by molar-refractivity contribution is 6.04. The van der Waals surface area contributed by atoms with Crippen LogP contribution in [-0.4, -0.2) is 40.4 Å². The van der Waals surface area contributed by atoms with E-state index in [1.807, 2.05) is 15.6 Å². The molecule has 1 atom stereocenters. The molecule has 1 aromatic carbocycles. The number of amides is 1. The summed E-state index contributed by atoms with van der Waals surface area (Å²) in [6, 6.07) is 8.09. The summed E-state index contributed by atoms with van der Waals surface area (Å²) in [4.78, 5) is 25.3. The number of nitrogens with two attached hydrogens (primary N) is 1. The molecule has 5 aromatic rings. The van der Waals surface area contributed by atoms with Crippen molar-refractivity contribution in [1.82, 2.24) is 34.5 Å². The second-order valence-electron chi connectivity index (χ2n) is 9.48. The SMILES string of the molecule is CCn1ncc2c1CCC[C@H]2n1nc(-c2ccc(C(=O)Nc3cc(C(F)(F)F)ccn3)cc2)c2c(N)ncnc21. The van der Waals surface area contributed by atoms with Crippen LogP contribution in [0.2, 0.25) is 0 Å². The maximum atomic E-state index is 13.0. The van der Waals surface area contributed by atoms with Crippen LogP contribution >= 0.6 is 0 Å². The molecule has 0 saturated heterocycles. The number of carbonyl (C=O) groups is 1. The van der Waals surface area contributed by atoms with Crippen molar-refractivity contribution in [2.75, 3.05) is 11.1 Å². The number of nitrogens with one attached hydrogen (secondary N) is 1. The molecule has 4 aromatic heterocycles. The summed E-state index contributed by atoms with van der Waals surface area (Å²) in [7, 11) is 0. The summed E-state index contributed by atoms with van der Waals surface area (Å²) in [5, 5.41) is 12.5. The molecule has 10 nitrogen and oxygen atoms in total. The largest absolute Gasteiger partial charge is 0.416 e. The molecule has 6 rings (SSSR count). The molecule has 0 bridgehead atoms. The maximum Gasteiger partial charge on any atom is 0.416 e. The van der Waals surface area contributed by atoms with E-state index < -0.39 is 17.6 Å². The van der Waals surface area contributed by atoms with Gasteiger partial charge in [-0.15, -0.1) is 0 Å². The first-order valence-electron chi connectivity index (χ1n) is 12.7. The first kappa shape index (κ1) is 25.5. The molecule has 13 heteroatoms. The number of alkyl halides is 3. The lowest BCUT2D eigenvalue weighted by Crippen LogP contribution is -2.19. The molecule has 1 amide bonds. The molecule has 0 saturated carbocycles. The smallest absolute Gasteiger partial charge is 0.383 e. The van der Waals surface area contributed by atoms with Crippen molar-refractivity contribution >= 4 is 28.6 Å². The monoisotopic (exact) mass is 547 g/mol. The van der Waals surface area contributed by atoms with Gasteiger partial charge in [0, 0.05) is 35.1 Å². The maximum absolute atomic E-state index is 13.0. The number of aryl methyl sites for hydroxylation is 1. The molecule has 0 aliphatic heterocycles. The molecule has 0 radical (unpaired) electrons. The number of anilines is 2. The minimum atomic E-state index is -4.54. The van der Waals surface area contributed by atoms with E-state index in [1.165, 1.54) is 12.0 Å². The van der Waals surface area contributed by atoms with Crippen LogP contribution in [0.1, 0.15) is 53.0 Å². The minimum Gasteiger partial charge on any atom is -0.383 e. The first-order chi connectivity index (χ1) is 19.2. The number of carbonyl (C=O) groups excluding carboxylic acids is 1. The number of pyridine rings is 1. The van der Waals surface area contributed by atoms with Crippen LogP contribution in [0.5, 0.6) is 0 Å². The third-order valence-electron chi connectivity index (χ3n) is 7.09. The van der Waals surface area contributed by atoms with Crippen molar-refractivity contribution in [2.24, 2.45) is 0 Å². The van der Waals surface area contributed by atoms with Gasteiger partial charge in [0.15, 0.2) is 5.65 Å². The van der Waals surface area contributed by atoms with Gasteiger partial charge in [-0.25, -0.2) is 19.6 Å². The van der Waals surface area contributed by atoms with E-state index in [0.717, 1.165) is 49.7 Å². The Morgan fingerprint density at radius 2 is 1.95 bits per heavy atom. The Hall–Kier alpha value is -4.81. The van der Waals surface area contributed by atoms with Gasteiger partial charge in [0.05, 0.1) is 23.2 Å².